The van der Waals surface area contributed by atoms with Crippen LogP contribution in [0.5, 0.6) is 0 Å². The third kappa shape index (κ3) is 4.69. The van der Waals surface area contributed by atoms with Crippen LogP contribution in [0.1, 0.15) is 74.1 Å². The average molecular weight is 546 g/mol. The zero-order chi connectivity index (χ0) is 27.4. The molecule has 7 nitrogen and oxygen atoms in total. The number of amides is 2. The van der Waals surface area contributed by atoms with Gasteiger partial charge in [-0.25, -0.2) is 0 Å². The Balaban J connectivity index is 2.32. The number of fused-ring (bicyclic) bond motifs is 1. The Morgan fingerprint density at radius 3 is 1.89 bits per heavy atom. The summed E-state index contributed by atoms with van der Waals surface area (Å²) in [4.78, 5) is 56.5. The molecule has 0 spiro atoms. The van der Waals surface area contributed by atoms with Crippen LogP contribution in [0.15, 0.2) is 34.4 Å². The van der Waals surface area contributed by atoms with Crippen LogP contribution >= 0.6 is 11.8 Å². The summed E-state index contributed by atoms with van der Waals surface area (Å²) in [5.74, 6) is -1.43. The van der Waals surface area contributed by atoms with Crippen LogP contribution in [0.4, 0.5) is 0 Å². The first kappa shape index (κ1) is 29.2. The fourth-order valence-corrected chi connectivity index (χ4v) is 12.5. The maximum Gasteiger partial charge on any atom is 0.328 e. The van der Waals surface area contributed by atoms with Gasteiger partial charge in [0.1, 0.15) is 0 Å². The smallest absolute Gasteiger partial charge is 0.328 e. The molecule has 1 aliphatic carbocycles. The molecule has 3 rings (SSSR count). The Morgan fingerprint density at radius 1 is 0.946 bits per heavy atom. The summed E-state index contributed by atoms with van der Waals surface area (Å²) in [7, 11) is 0.221. The molecule has 2 aliphatic rings. The van der Waals surface area contributed by atoms with E-state index in [9.17, 15) is 19.2 Å². The van der Waals surface area contributed by atoms with Crippen molar-refractivity contribution in [1.82, 2.24) is 4.90 Å². The number of esters is 2. The Morgan fingerprint density at radius 2 is 1.46 bits per heavy atom. The van der Waals surface area contributed by atoms with Gasteiger partial charge in [0.05, 0.1) is 39.5 Å². The van der Waals surface area contributed by atoms with Gasteiger partial charge in [-0.3, -0.25) is 24.1 Å². The minimum atomic E-state index is -2.32. The van der Waals surface area contributed by atoms with Crippen molar-refractivity contribution in [2.24, 2.45) is 5.41 Å². The summed E-state index contributed by atoms with van der Waals surface area (Å²) in [6, 6.07) is 8.70. The van der Waals surface area contributed by atoms with E-state index in [1.165, 1.54) is 30.9 Å². The van der Waals surface area contributed by atoms with Crippen LogP contribution < -0.4 is 0 Å². The van der Waals surface area contributed by atoms with E-state index in [4.69, 9.17) is 9.47 Å². The Kier molecular flexibility index (Phi) is 9.45. The molecule has 0 saturated carbocycles. The lowest BCUT2D eigenvalue weighted by Crippen LogP contribution is -2.49. The molecular weight excluding hydrogens is 506 g/mol. The number of hydrogen-bond acceptors (Lipinski definition) is 7. The van der Waals surface area contributed by atoms with Crippen LogP contribution in [0.3, 0.4) is 0 Å². The molecule has 1 aliphatic heterocycles. The van der Waals surface area contributed by atoms with Gasteiger partial charge in [-0.1, -0.05) is 70.8 Å². The maximum absolute atomic E-state index is 13.7. The molecule has 1 aromatic carbocycles. The van der Waals surface area contributed by atoms with Crippen molar-refractivity contribution in [2.75, 3.05) is 20.0 Å². The molecule has 0 aromatic heterocycles. The normalized spacial score (nSPS) is 18.9. The highest BCUT2D eigenvalue weighted by Gasteiger charge is 2.64. The number of methoxy groups -OCH3 is 2. The van der Waals surface area contributed by atoms with E-state index in [0.717, 1.165) is 48.3 Å². The van der Waals surface area contributed by atoms with E-state index in [1.807, 2.05) is 0 Å². The lowest BCUT2D eigenvalue weighted by molar-refractivity contribution is -0.165. The van der Waals surface area contributed by atoms with E-state index in [-0.39, 0.29) is 18.2 Å². The second-order valence-electron chi connectivity index (χ2n) is 9.77. The lowest BCUT2D eigenvalue weighted by atomic mass is 9.86. The molecule has 0 fully saturated rings. The molecule has 1 atom stereocenters. The van der Waals surface area contributed by atoms with E-state index >= 15 is 0 Å². The van der Waals surface area contributed by atoms with Crippen molar-refractivity contribution in [2.45, 2.75) is 77.6 Å². The summed E-state index contributed by atoms with van der Waals surface area (Å²) in [5.41, 5.74) is -0.989. The predicted octanol–water partition coefficient (Wildman–Crippen LogP) is 5.61. The van der Waals surface area contributed by atoms with Gasteiger partial charge in [-0.2, -0.15) is 0 Å². The van der Waals surface area contributed by atoms with Crippen molar-refractivity contribution in [1.29, 1.82) is 0 Å². The second-order valence-corrected chi connectivity index (χ2v) is 16.1. The van der Waals surface area contributed by atoms with Crippen molar-refractivity contribution in [3.05, 3.63) is 45.5 Å². The van der Waals surface area contributed by atoms with E-state index in [2.05, 4.69) is 27.7 Å². The number of nitrogens with zero attached hydrogens (tertiary/aromatic N) is 1. The topological polar surface area (TPSA) is 90.0 Å². The summed E-state index contributed by atoms with van der Waals surface area (Å²) in [5, 5.41) is 0.965. The minimum absolute atomic E-state index is 0.0436. The molecule has 0 N–H and O–H groups in total. The van der Waals surface area contributed by atoms with Crippen LogP contribution in [0.25, 0.3) is 0 Å². The van der Waals surface area contributed by atoms with Gasteiger partial charge in [0.15, 0.2) is 5.41 Å². The third-order valence-corrected chi connectivity index (χ3v) is 15.6. The first-order valence-electron chi connectivity index (χ1n) is 13.3. The van der Waals surface area contributed by atoms with Gasteiger partial charge in [-0.05, 0) is 29.5 Å². The van der Waals surface area contributed by atoms with Crippen LogP contribution in [-0.2, 0) is 19.1 Å². The Bertz CT molecular complexity index is 1040. The van der Waals surface area contributed by atoms with Gasteiger partial charge in [0.25, 0.3) is 11.8 Å². The fraction of sp³-hybridized carbons (Fsp3) is 0.571. The molecule has 2 amide bonds. The summed E-state index contributed by atoms with van der Waals surface area (Å²) < 4.78 is 10.5. The highest BCUT2D eigenvalue weighted by atomic mass is 32.2. The second kappa shape index (κ2) is 12.0. The van der Waals surface area contributed by atoms with Crippen LogP contribution in [-0.4, -0.2) is 62.7 Å². The van der Waals surface area contributed by atoms with Gasteiger partial charge < -0.3 is 9.47 Å². The zero-order valence-electron chi connectivity index (χ0n) is 22.8. The summed E-state index contributed by atoms with van der Waals surface area (Å²) >= 11 is 1.51. The monoisotopic (exact) mass is 545 g/mol. The Hall–Kier alpha value is -2.39. The molecule has 1 unspecified atom stereocenters. The van der Waals surface area contributed by atoms with E-state index < -0.39 is 31.5 Å². The van der Waals surface area contributed by atoms with E-state index in [1.54, 1.807) is 24.3 Å². The number of unbranched alkanes of at least 4 members (excludes halogenated alkanes) is 2. The highest BCUT2D eigenvalue weighted by Crippen LogP contribution is 2.56. The largest absolute Gasteiger partial charge is 0.468 e. The number of hydrogen-bond donors (Lipinski definition) is 0. The molecule has 0 bridgehead atoms. The van der Waals surface area contributed by atoms with Gasteiger partial charge in [-0.15, -0.1) is 11.8 Å². The Labute approximate surface area is 225 Å². The summed E-state index contributed by atoms with van der Waals surface area (Å²) in [6.45, 7) is 8.55. The number of carbonyl (C=O) groups is 4. The predicted molar refractivity (Wildman–Crippen MR) is 148 cm³/mol. The van der Waals surface area contributed by atoms with Gasteiger partial charge >= 0.3 is 11.9 Å². The van der Waals surface area contributed by atoms with Crippen molar-refractivity contribution in [3.63, 3.8) is 0 Å². The molecular formula is C28H39NO6SSi. The number of rotatable bonds is 12. The molecule has 0 radical (unpaired) electrons. The molecule has 1 heterocycles. The number of ether oxygens (including phenoxy) is 2. The number of imide groups is 1. The average Bonchev–Trinajstić information content (AvgIpc) is 3.39. The van der Waals surface area contributed by atoms with Crippen molar-refractivity contribution < 1.29 is 28.7 Å². The molecule has 9 heteroatoms. The zero-order valence-corrected chi connectivity index (χ0v) is 24.7. The standard InChI is InChI=1S/C28H39NO6SSi/c1-7-11-14-17-36-23-22(37(8-2,9-3)10-4)21(18-28(23,26(32)34-5)27(33)35-6)29-24(30)19-15-12-13-16-20(19)25(29)31/h12-13,15-16,21H,7-11,14,17-18H2,1-6H3. The lowest BCUT2D eigenvalue weighted by Gasteiger charge is -2.37. The fourth-order valence-electron chi connectivity index (χ4n) is 6.00. The number of benzene rings is 1. The van der Waals surface area contributed by atoms with Gasteiger partial charge in [0, 0.05) is 11.3 Å². The molecule has 202 valence electrons. The van der Waals surface area contributed by atoms with Crippen LogP contribution in [0.2, 0.25) is 18.1 Å². The maximum atomic E-state index is 13.7. The number of carbonyl (C=O) groups excluding carboxylic acids is 4. The van der Waals surface area contributed by atoms with Crippen molar-refractivity contribution >= 4 is 43.6 Å². The van der Waals surface area contributed by atoms with Gasteiger partial charge in [0.2, 0.25) is 0 Å². The molecule has 0 saturated heterocycles. The van der Waals surface area contributed by atoms with Crippen molar-refractivity contribution in [3.8, 4) is 0 Å². The highest BCUT2D eigenvalue weighted by molar-refractivity contribution is 8.03. The first-order chi connectivity index (χ1) is 17.7. The molecule has 1 aromatic rings. The summed E-state index contributed by atoms with van der Waals surface area (Å²) in [6.07, 6.45) is 2.95. The molecule has 37 heavy (non-hydrogen) atoms. The quantitative estimate of drug-likeness (QED) is 0.111. The first-order valence-corrected chi connectivity index (χ1v) is 16.9. The number of thioether (sulfide) groups is 1. The van der Waals surface area contributed by atoms with E-state index in [0.29, 0.717) is 16.0 Å². The minimum Gasteiger partial charge on any atom is -0.468 e. The SMILES string of the molecule is CCCCCSC1=C([Si](CC)(CC)CC)C(N2C(=O)c3ccccc3C2=O)CC1(C(=O)OC)C(=O)OC. The van der Waals surface area contributed by atoms with Crippen LogP contribution in [0, 0.1) is 5.41 Å². The third-order valence-electron chi connectivity index (χ3n) is 8.27.